The Balaban J connectivity index is 1.80. The summed E-state index contributed by atoms with van der Waals surface area (Å²) in [4.78, 5) is 11.3. The van der Waals surface area contributed by atoms with Crippen LogP contribution in [0.25, 0.3) is 0 Å². The average molecular weight is 197 g/mol. The molecule has 3 N–H and O–H groups in total. The number of hydrogen-bond acceptors (Lipinski definition) is 3. The second-order valence-corrected chi connectivity index (χ2v) is 4.18. The fraction of sp³-hybridized carbons (Fsp3) is 0.900. The summed E-state index contributed by atoms with van der Waals surface area (Å²) in [6, 6.07) is 0.594. The van der Waals surface area contributed by atoms with Gasteiger partial charge in [0.1, 0.15) is 0 Å². The Bertz CT molecular complexity index is 200. The SMILES string of the molecule is O=C1NCCC1NC1CCCNCC1. The van der Waals surface area contributed by atoms with E-state index in [1.165, 1.54) is 12.8 Å². The highest BCUT2D eigenvalue weighted by molar-refractivity contribution is 5.83. The third-order valence-electron chi connectivity index (χ3n) is 3.06. The Morgan fingerprint density at radius 3 is 2.86 bits per heavy atom. The Morgan fingerprint density at radius 1 is 1.14 bits per heavy atom. The molecule has 0 bridgehead atoms. The van der Waals surface area contributed by atoms with Crippen molar-refractivity contribution in [2.24, 2.45) is 0 Å². The summed E-state index contributed by atoms with van der Waals surface area (Å²) < 4.78 is 0. The Hall–Kier alpha value is -0.610. The summed E-state index contributed by atoms with van der Waals surface area (Å²) in [5, 5.41) is 9.69. The average Bonchev–Trinajstić information content (AvgIpc) is 2.44. The smallest absolute Gasteiger partial charge is 0.237 e. The molecule has 4 nitrogen and oxygen atoms in total. The van der Waals surface area contributed by atoms with Crippen molar-refractivity contribution < 1.29 is 4.79 Å². The fourth-order valence-electron chi connectivity index (χ4n) is 2.22. The van der Waals surface area contributed by atoms with Gasteiger partial charge >= 0.3 is 0 Å². The van der Waals surface area contributed by atoms with Gasteiger partial charge in [0.25, 0.3) is 0 Å². The van der Waals surface area contributed by atoms with Crippen LogP contribution in [-0.4, -0.2) is 37.6 Å². The number of carbonyl (C=O) groups excluding carboxylic acids is 1. The van der Waals surface area contributed by atoms with Crippen molar-refractivity contribution in [2.45, 2.75) is 37.8 Å². The molecule has 80 valence electrons. The van der Waals surface area contributed by atoms with Gasteiger partial charge in [-0.3, -0.25) is 4.79 Å². The second-order valence-electron chi connectivity index (χ2n) is 4.18. The molecule has 2 saturated heterocycles. The molecule has 2 rings (SSSR count). The van der Waals surface area contributed by atoms with E-state index >= 15 is 0 Å². The fourth-order valence-corrected chi connectivity index (χ4v) is 2.22. The van der Waals surface area contributed by atoms with Gasteiger partial charge in [0.05, 0.1) is 6.04 Å². The van der Waals surface area contributed by atoms with Gasteiger partial charge in [-0.15, -0.1) is 0 Å². The number of rotatable bonds is 2. The van der Waals surface area contributed by atoms with Crippen molar-refractivity contribution in [1.82, 2.24) is 16.0 Å². The zero-order valence-electron chi connectivity index (χ0n) is 8.51. The van der Waals surface area contributed by atoms with E-state index < -0.39 is 0 Å². The highest BCUT2D eigenvalue weighted by Crippen LogP contribution is 2.09. The van der Waals surface area contributed by atoms with Gasteiger partial charge in [-0.05, 0) is 38.8 Å². The maximum Gasteiger partial charge on any atom is 0.237 e. The number of carbonyl (C=O) groups is 1. The van der Waals surface area contributed by atoms with Crippen LogP contribution in [0.15, 0.2) is 0 Å². The van der Waals surface area contributed by atoms with Crippen LogP contribution in [-0.2, 0) is 4.79 Å². The first kappa shape index (κ1) is 9.93. The third kappa shape index (κ3) is 2.45. The van der Waals surface area contributed by atoms with E-state index in [9.17, 15) is 4.79 Å². The summed E-state index contributed by atoms with van der Waals surface area (Å²) in [5.74, 6) is 0.183. The molecule has 2 fully saturated rings. The van der Waals surface area contributed by atoms with Crippen LogP contribution >= 0.6 is 0 Å². The first-order chi connectivity index (χ1) is 6.86. The van der Waals surface area contributed by atoms with Crippen molar-refractivity contribution in [2.75, 3.05) is 19.6 Å². The zero-order valence-corrected chi connectivity index (χ0v) is 8.51. The molecular weight excluding hydrogens is 178 g/mol. The molecule has 2 atom stereocenters. The van der Waals surface area contributed by atoms with Crippen LogP contribution < -0.4 is 16.0 Å². The summed E-state index contributed by atoms with van der Waals surface area (Å²) in [6.45, 7) is 3.03. The van der Waals surface area contributed by atoms with Crippen LogP contribution in [0, 0.1) is 0 Å². The molecule has 0 aromatic heterocycles. The lowest BCUT2D eigenvalue weighted by atomic mass is 10.1. The molecule has 1 amide bonds. The van der Waals surface area contributed by atoms with Gasteiger partial charge in [-0.1, -0.05) is 0 Å². The number of hydrogen-bond donors (Lipinski definition) is 3. The Kier molecular flexibility index (Phi) is 3.37. The molecule has 2 aliphatic heterocycles. The normalized spacial score (nSPS) is 33.9. The molecule has 0 radical (unpaired) electrons. The topological polar surface area (TPSA) is 53.2 Å². The van der Waals surface area contributed by atoms with Crippen molar-refractivity contribution in [3.63, 3.8) is 0 Å². The Labute approximate surface area is 84.8 Å². The molecule has 0 saturated carbocycles. The van der Waals surface area contributed by atoms with Crippen LogP contribution in [0.2, 0.25) is 0 Å². The quantitative estimate of drug-likeness (QED) is 0.565. The van der Waals surface area contributed by atoms with E-state index in [1.807, 2.05) is 0 Å². The van der Waals surface area contributed by atoms with Crippen molar-refractivity contribution >= 4 is 5.91 Å². The minimum Gasteiger partial charge on any atom is -0.355 e. The lowest BCUT2D eigenvalue weighted by molar-refractivity contribution is -0.121. The molecule has 0 aliphatic carbocycles. The van der Waals surface area contributed by atoms with E-state index in [0.717, 1.165) is 32.5 Å². The molecule has 4 heteroatoms. The van der Waals surface area contributed by atoms with E-state index in [4.69, 9.17) is 0 Å². The molecule has 2 heterocycles. The Morgan fingerprint density at radius 2 is 2.07 bits per heavy atom. The summed E-state index contributed by atoms with van der Waals surface area (Å²) in [5.41, 5.74) is 0. The van der Waals surface area contributed by atoms with Crippen molar-refractivity contribution in [1.29, 1.82) is 0 Å². The van der Waals surface area contributed by atoms with Gasteiger partial charge < -0.3 is 16.0 Å². The van der Waals surface area contributed by atoms with Crippen LogP contribution in [0.4, 0.5) is 0 Å². The van der Waals surface area contributed by atoms with Gasteiger partial charge in [-0.25, -0.2) is 0 Å². The van der Waals surface area contributed by atoms with Crippen molar-refractivity contribution in [3.05, 3.63) is 0 Å². The molecule has 2 aliphatic rings. The van der Waals surface area contributed by atoms with Crippen LogP contribution in [0.5, 0.6) is 0 Å². The van der Waals surface area contributed by atoms with Gasteiger partial charge in [0.15, 0.2) is 0 Å². The van der Waals surface area contributed by atoms with Gasteiger partial charge in [0, 0.05) is 12.6 Å². The zero-order chi connectivity index (χ0) is 9.80. The number of nitrogens with one attached hydrogen (secondary N) is 3. The van der Waals surface area contributed by atoms with Gasteiger partial charge in [-0.2, -0.15) is 0 Å². The monoisotopic (exact) mass is 197 g/mol. The van der Waals surface area contributed by atoms with E-state index in [2.05, 4.69) is 16.0 Å². The number of amides is 1. The largest absolute Gasteiger partial charge is 0.355 e. The summed E-state index contributed by atoms with van der Waals surface area (Å²) in [6.07, 6.45) is 4.50. The maximum atomic E-state index is 11.3. The predicted octanol–water partition coefficient (Wildman–Crippen LogP) is -0.393. The lowest BCUT2D eigenvalue weighted by Crippen LogP contribution is -2.43. The lowest BCUT2D eigenvalue weighted by Gasteiger charge is -2.19. The van der Waals surface area contributed by atoms with Crippen LogP contribution in [0.1, 0.15) is 25.7 Å². The minimum atomic E-state index is 0.0677. The second kappa shape index (κ2) is 4.75. The molecule has 0 aromatic rings. The summed E-state index contributed by atoms with van der Waals surface area (Å²) >= 11 is 0. The molecule has 0 spiro atoms. The first-order valence-corrected chi connectivity index (χ1v) is 5.61. The molecular formula is C10H19N3O. The molecule has 2 unspecified atom stereocenters. The predicted molar refractivity (Wildman–Crippen MR) is 55.1 cm³/mol. The van der Waals surface area contributed by atoms with Crippen molar-refractivity contribution in [3.8, 4) is 0 Å². The molecule has 14 heavy (non-hydrogen) atoms. The minimum absolute atomic E-state index is 0.0677. The van der Waals surface area contributed by atoms with Crippen LogP contribution in [0.3, 0.4) is 0 Å². The third-order valence-corrected chi connectivity index (χ3v) is 3.06. The van der Waals surface area contributed by atoms with E-state index in [1.54, 1.807) is 0 Å². The standard InChI is InChI=1S/C10H19N3O/c14-10-9(4-7-12-10)13-8-2-1-5-11-6-3-8/h8-9,11,13H,1-7H2,(H,12,14). The highest BCUT2D eigenvalue weighted by atomic mass is 16.2. The first-order valence-electron chi connectivity index (χ1n) is 5.61. The highest BCUT2D eigenvalue weighted by Gasteiger charge is 2.26. The maximum absolute atomic E-state index is 11.3. The van der Waals surface area contributed by atoms with E-state index in [-0.39, 0.29) is 11.9 Å². The van der Waals surface area contributed by atoms with Gasteiger partial charge in [0.2, 0.25) is 5.91 Å². The molecule has 0 aromatic carbocycles. The van der Waals surface area contributed by atoms with E-state index in [0.29, 0.717) is 6.04 Å². The summed E-state index contributed by atoms with van der Waals surface area (Å²) in [7, 11) is 0.